The Labute approximate surface area is 168 Å². The molecule has 0 radical (unpaired) electrons. The molecule has 0 aromatic heterocycles. The second-order valence-electron chi connectivity index (χ2n) is 7.01. The number of rotatable bonds is 6. The quantitative estimate of drug-likeness (QED) is 0.752. The van der Waals surface area contributed by atoms with Crippen molar-refractivity contribution in [3.05, 3.63) is 59.7 Å². The molecule has 0 saturated carbocycles. The highest BCUT2D eigenvalue weighted by Crippen LogP contribution is 2.18. The third-order valence-electron chi connectivity index (χ3n) is 4.93. The van der Waals surface area contributed by atoms with Crippen LogP contribution in [-0.4, -0.2) is 56.5 Å². The molecule has 3 rings (SSSR count). The van der Waals surface area contributed by atoms with E-state index >= 15 is 0 Å². The first-order valence-corrected chi connectivity index (χ1v) is 9.44. The molecule has 0 unspecified atom stereocenters. The molecule has 0 aliphatic carbocycles. The highest BCUT2D eigenvalue weighted by Gasteiger charge is 2.25. The summed E-state index contributed by atoms with van der Waals surface area (Å²) in [6, 6.07) is 10.1. The lowest BCUT2D eigenvalue weighted by molar-refractivity contribution is -0.895. The van der Waals surface area contributed by atoms with Crippen LogP contribution in [0.2, 0.25) is 0 Å². The van der Waals surface area contributed by atoms with E-state index in [9.17, 15) is 18.4 Å². The van der Waals surface area contributed by atoms with Crippen molar-refractivity contribution in [3.63, 3.8) is 0 Å². The molecule has 6 nitrogen and oxygen atoms in total. The van der Waals surface area contributed by atoms with Crippen LogP contribution < -0.4 is 15.0 Å². The van der Waals surface area contributed by atoms with E-state index in [4.69, 9.17) is 4.74 Å². The maximum absolute atomic E-state index is 13.8. The molecule has 154 valence electrons. The number of anilines is 1. The molecule has 2 aromatic carbocycles. The lowest BCUT2D eigenvalue weighted by atomic mass is 10.1. The fraction of sp³-hybridized carbons (Fsp3) is 0.333. The predicted octanol–water partition coefficient (Wildman–Crippen LogP) is 0.882. The van der Waals surface area contributed by atoms with Crippen molar-refractivity contribution in [1.82, 2.24) is 4.90 Å². The Hall–Kier alpha value is -3.00. The van der Waals surface area contributed by atoms with Crippen LogP contribution in [0.15, 0.2) is 42.5 Å². The Balaban J connectivity index is 1.44. The molecule has 2 aromatic rings. The zero-order valence-corrected chi connectivity index (χ0v) is 16.2. The fourth-order valence-corrected chi connectivity index (χ4v) is 3.32. The van der Waals surface area contributed by atoms with Gasteiger partial charge in [-0.05, 0) is 42.0 Å². The third-order valence-corrected chi connectivity index (χ3v) is 4.93. The average molecular weight is 404 g/mol. The summed E-state index contributed by atoms with van der Waals surface area (Å²) < 4.78 is 31.6. The summed E-state index contributed by atoms with van der Waals surface area (Å²) in [6.07, 6.45) is 0.126. The number of ether oxygens (including phenoxy) is 1. The Morgan fingerprint density at radius 2 is 1.79 bits per heavy atom. The molecule has 1 saturated heterocycles. The van der Waals surface area contributed by atoms with Crippen LogP contribution in [-0.2, 0) is 16.0 Å². The van der Waals surface area contributed by atoms with Crippen molar-refractivity contribution < 1.29 is 28.0 Å². The van der Waals surface area contributed by atoms with E-state index in [1.807, 2.05) is 0 Å². The number of carbonyl (C=O) groups excluding carboxylic acids is 2. The Morgan fingerprint density at radius 3 is 2.41 bits per heavy atom. The molecule has 8 heteroatoms. The number of nitrogens with one attached hydrogen (secondary N) is 2. The van der Waals surface area contributed by atoms with Crippen LogP contribution in [0.3, 0.4) is 0 Å². The number of benzene rings is 2. The van der Waals surface area contributed by atoms with Gasteiger partial charge in [0.25, 0.3) is 5.91 Å². The zero-order chi connectivity index (χ0) is 20.8. The third kappa shape index (κ3) is 5.74. The standard InChI is InChI=1S/C21H23F2N3O3/c1-29-19-7-2-15(12-18(19)23)13-21(28)26-10-8-25(9-11-26)14-20(27)24-17-5-3-16(22)4-6-17/h2-7,12H,8-11,13-14H2,1H3,(H,24,27)/p+1. The van der Waals surface area contributed by atoms with Gasteiger partial charge in [0.05, 0.1) is 39.7 Å². The number of carbonyl (C=O) groups is 2. The van der Waals surface area contributed by atoms with Gasteiger partial charge in [0.15, 0.2) is 18.1 Å². The number of amides is 2. The predicted molar refractivity (Wildman–Crippen MR) is 104 cm³/mol. The van der Waals surface area contributed by atoms with Crippen LogP contribution in [0, 0.1) is 11.6 Å². The monoisotopic (exact) mass is 404 g/mol. The van der Waals surface area contributed by atoms with Gasteiger partial charge in [-0.25, -0.2) is 8.78 Å². The van der Waals surface area contributed by atoms with Gasteiger partial charge in [-0.15, -0.1) is 0 Å². The Kier molecular flexibility index (Phi) is 6.77. The van der Waals surface area contributed by atoms with E-state index in [1.54, 1.807) is 11.0 Å². The summed E-state index contributed by atoms with van der Waals surface area (Å²) in [6.45, 7) is 2.66. The molecular formula is C21H24F2N3O3+. The van der Waals surface area contributed by atoms with E-state index in [2.05, 4.69) is 5.32 Å². The van der Waals surface area contributed by atoms with Crippen molar-refractivity contribution in [3.8, 4) is 5.75 Å². The molecule has 1 aliphatic heterocycles. The normalized spacial score (nSPS) is 14.5. The SMILES string of the molecule is COc1ccc(CC(=O)N2CC[NH+](CC(=O)Nc3ccc(F)cc3)CC2)cc1F. The number of quaternary nitrogens is 1. The largest absolute Gasteiger partial charge is 0.494 e. The molecule has 29 heavy (non-hydrogen) atoms. The number of hydrogen-bond donors (Lipinski definition) is 2. The summed E-state index contributed by atoms with van der Waals surface area (Å²) in [5.41, 5.74) is 1.15. The highest BCUT2D eigenvalue weighted by molar-refractivity contribution is 5.91. The minimum absolute atomic E-state index is 0.0654. The van der Waals surface area contributed by atoms with E-state index in [0.717, 1.165) is 4.90 Å². The number of halogens is 2. The summed E-state index contributed by atoms with van der Waals surface area (Å²) >= 11 is 0. The summed E-state index contributed by atoms with van der Waals surface area (Å²) in [4.78, 5) is 27.5. The maximum atomic E-state index is 13.8. The van der Waals surface area contributed by atoms with Crippen LogP contribution >= 0.6 is 0 Å². The summed E-state index contributed by atoms with van der Waals surface area (Å²) in [5, 5.41) is 2.74. The van der Waals surface area contributed by atoms with Crippen molar-refractivity contribution in [2.24, 2.45) is 0 Å². The van der Waals surface area contributed by atoms with E-state index in [1.165, 1.54) is 43.5 Å². The van der Waals surface area contributed by atoms with Gasteiger partial charge in [-0.2, -0.15) is 0 Å². The topological polar surface area (TPSA) is 63.1 Å². The van der Waals surface area contributed by atoms with Gasteiger partial charge >= 0.3 is 0 Å². The molecular weight excluding hydrogens is 380 g/mol. The van der Waals surface area contributed by atoms with E-state index in [0.29, 0.717) is 37.4 Å². The number of piperazine rings is 1. The first-order chi connectivity index (χ1) is 13.9. The molecule has 0 spiro atoms. The van der Waals surface area contributed by atoms with E-state index in [-0.39, 0.29) is 36.3 Å². The highest BCUT2D eigenvalue weighted by atomic mass is 19.1. The second-order valence-corrected chi connectivity index (χ2v) is 7.01. The zero-order valence-electron chi connectivity index (χ0n) is 16.2. The lowest BCUT2D eigenvalue weighted by Crippen LogP contribution is -3.15. The van der Waals surface area contributed by atoms with Gasteiger partial charge < -0.3 is 19.9 Å². The van der Waals surface area contributed by atoms with Crippen LogP contribution in [0.25, 0.3) is 0 Å². The van der Waals surface area contributed by atoms with Crippen molar-refractivity contribution in [2.75, 3.05) is 45.2 Å². The average Bonchev–Trinajstić information content (AvgIpc) is 2.70. The molecule has 2 N–H and O–H groups in total. The lowest BCUT2D eigenvalue weighted by Gasteiger charge is -2.32. The maximum Gasteiger partial charge on any atom is 0.279 e. The molecule has 0 atom stereocenters. The first kappa shape index (κ1) is 20.7. The fourth-order valence-electron chi connectivity index (χ4n) is 3.32. The number of nitrogens with zero attached hydrogens (tertiary/aromatic N) is 1. The van der Waals surface area contributed by atoms with Crippen LogP contribution in [0.4, 0.5) is 14.5 Å². The molecule has 0 bridgehead atoms. The number of methoxy groups -OCH3 is 1. The van der Waals surface area contributed by atoms with Gasteiger partial charge in [0.1, 0.15) is 5.82 Å². The number of hydrogen-bond acceptors (Lipinski definition) is 3. The summed E-state index contributed by atoms with van der Waals surface area (Å²) in [7, 11) is 1.39. The van der Waals surface area contributed by atoms with Gasteiger partial charge in [-0.3, -0.25) is 9.59 Å². The Bertz CT molecular complexity index is 866. The second kappa shape index (κ2) is 9.47. The molecule has 1 heterocycles. The summed E-state index contributed by atoms with van der Waals surface area (Å²) in [5.74, 6) is -0.909. The van der Waals surface area contributed by atoms with Gasteiger partial charge in [0.2, 0.25) is 5.91 Å². The van der Waals surface area contributed by atoms with Crippen LogP contribution in [0.1, 0.15) is 5.56 Å². The van der Waals surface area contributed by atoms with E-state index < -0.39 is 5.82 Å². The molecule has 1 fully saturated rings. The smallest absolute Gasteiger partial charge is 0.279 e. The molecule has 1 aliphatic rings. The first-order valence-electron chi connectivity index (χ1n) is 9.44. The van der Waals surface area contributed by atoms with Gasteiger partial charge in [0, 0.05) is 5.69 Å². The molecule has 2 amide bonds. The van der Waals surface area contributed by atoms with Crippen molar-refractivity contribution >= 4 is 17.5 Å². The van der Waals surface area contributed by atoms with Crippen molar-refractivity contribution in [1.29, 1.82) is 0 Å². The van der Waals surface area contributed by atoms with Crippen molar-refractivity contribution in [2.45, 2.75) is 6.42 Å². The minimum atomic E-state index is -0.487. The Morgan fingerprint density at radius 1 is 1.10 bits per heavy atom. The van der Waals surface area contributed by atoms with Gasteiger partial charge in [-0.1, -0.05) is 6.07 Å². The van der Waals surface area contributed by atoms with Crippen LogP contribution in [0.5, 0.6) is 5.75 Å². The minimum Gasteiger partial charge on any atom is -0.494 e.